The number of hydrogen-bond acceptors (Lipinski definition) is 4. The largest absolute Gasteiger partial charge is 0.482 e. The third-order valence-corrected chi connectivity index (χ3v) is 5.06. The first-order valence-electron chi connectivity index (χ1n) is 10.8. The highest BCUT2D eigenvalue weighted by molar-refractivity contribution is 6.06. The van der Waals surface area contributed by atoms with Gasteiger partial charge in [0.15, 0.2) is 6.61 Å². The summed E-state index contributed by atoms with van der Waals surface area (Å²) in [6.07, 6.45) is 0.871. The summed E-state index contributed by atoms with van der Waals surface area (Å²) in [5.41, 5.74) is 2.70. The minimum Gasteiger partial charge on any atom is -0.482 e. The molecule has 0 amide bonds. The zero-order valence-electron chi connectivity index (χ0n) is 18.7. The van der Waals surface area contributed by atoms with Crippen LogP contribution < -0.4 is 9.64 Å². The molecule has 3 aromatic carbocycles. The van der Waals surface area contributed by atoms with E-state index in [0.29, 0.717) is 5.75 Å². The van der Waals surface area contributed by atoms with Crippen molar-refractivity contribution in [2.24, 2.45) is 4.99 Å². The molecule has 0 radical (unpaired) electrons. The quantitative estimate of drug-likeness (QED) is 0.446. The lowest BCUT2D eigenvalue weighted by Crippen LogP contribution is -2.46. The Morgan fingerprint density at radius 2 is 1.56 bits per heavy atom. The van der Waals surface area contributed by atoms with Gasteiger partial charge >= 0.3 is 5.97 Å². The fraction of sp³-hybridized carbons (Fsp3) is 0.259. The number of para-hydroxylation sites is 1. The van der Waals surface area contributed by atoms with E-state index in [9.17, 15) is 4.79 Å². The van der Waals surface area contributed by atoms with E-state index < -0.39 is 5.60 Å². The number of benzene rings is 3. The highest BCUT2D eigenvalue weighted by Gasteiger charge is 2.36. The predicted octanol–water partition coefficient (Wildman–Crippen LogP) is 6.09. The Hall–Kier alpha value is -3.60. The average molecular weight is 429 g/mol. The van der Waals surface area contributed by atoms with Gasteiger partial charge in [-0.15, -0.1) is 0 Å². The third-order valence-electron chi connectivity index (χ3n) is 5.06. The Labute approximate surface area is 189 Å². The second kappa shape index (κ2) is 9.27. The van der Waals surface area contributed by atoms with E-state index in [2.05, 4.69) is 29.2 Å². The van der Waals surface area contributed by atoms with E-state index in [0.717, 1.165) is 23.6 Å². The van der Waals surface area contributed by atoms with Gasteiger partial charge in [0, 0.05) is 12.1 Å². The van der Waals surface area contributed by atoms with Gasteiger partial charge in [-0.25, -0.2) is 9.79 Å². The van der Waals surface area contributed by atoms with Gasteiger partial charge in [0.05, 0.1) is 11.7 Å². The number of carbonyl (C=O) groups is 1. The molecule has 164 valence electrons. The second-order valence-electron chi connectivity index (χ2n) is 8.73. The third kappa shape index (κ3) is 5.35. The molecular formula is C27H28N2O3. The van der Waals surface area contributed by atoms with E-state index in [-0.39, 0.29) is 18.6 Å². The Bertz CT molecular complexity index is 1070. The molecular weight excluding hydrogens is 400 g/mol. The smallest absolute Gasteiger partial charge is 0.344 e. The van der Waals surface area contributed by atoms with Gasteiger partial charge in [0.2, 0.25) is 0 Å². The van der Waals surface area contributed by atoms with Crippen molar-refractivity contribution in [3.8, 4) is 5.75 Å². The number of nitrogens with zero attached hydrogens (tertiary/aromatic N) is 2. The molecule has 0 saturated carbocycles. The van der Waals surface area contributed by atoms with Crippen LogP contribution in [0.15, 0.2) is 89.9 Å². The molecule has 0 bridgehead atoms. The van der Waals surface area contributed by atoms with Crippen LogP contribution in [0.25, 0.3) is 0 Å². The first-order valence-corrected chi connectivity index (χ1v) is 10.8. The molecule has 1 unspecified atom stereocenters. The molecule has 1 heterocycles. The molecule has 0 N–H and O–H groups in total. The summed E-state index contributed by atoms with van der Waals surface area (Å²) in [5, 5.41) is 0. The van der Waals surface area contributed by atoms with Crippen molar-refractivity contribution in [1.82, 2.24) is 0 Å². The van der Waals surface area contributed by atoms with Crippen molar-refractivity contribution in [3.63, 3.8) is 0 Å². The number of hydrogen-bond donors (Lipinski definition) is 0. The van der Waals surface area contributed by atoms with Crippen LogP contribution in [0.4, 0.5) is 11.4 Å². The summed E-state index contributed by atoms with van der Waals surface area (Å²) in [6, 6.07) is 28.4. The van der Waals surface area contributed by atoms with Gasteiger partial charge in [-0.05, 0) is 62.7 Å². The van der Waals surface area contributed by atoms with Crippen LogP contribution in [-0.4, -0.2) is 24.0 Å². The van der Waals surface area contributed by atoms with Gasteiger partial charge in [0.25, 0.3) is 0 Å². The van der Waals surface area contributed by atoms with Crippen LogP contribution in [0, 0.1) is 0 Å². The predicted molar refractivity (Wildman–Crippen MR) is 128 cm³/mol. The van der Waals surface area contributed by atoms with Crippen LogP contribution in [0.1, 0.15) is 38.8 Å². The van der Waals surface area contributed by atoms with E-state index in [1.54, 1.807) is 0 Å². The summed E-state index contributed by atoms with van der Waals surface area (Å²) in [6.45, 7) is 5.40. The first kappa shape index (κ1) is 21.6. The summed E-state index contributed by atoms with van der Waals surface area (Å²) in [4.78, 5) is 19.0. The number of ether oxygens (including phenoxy) is 2. The van der Waals surface area contributed by atoms with Crippen molar-refractivity contribution >= 4 is 23.2 Å². The second-order valence-corrected chi connectivity index (χ2v) is 8.73. The molecule has 0 aromatic heterocycles. The molecule has 1 aliphatic rings. The van der Waals surface area contributed by atoms with Gasteiger partial charge < -0.3 is 14.4 Å². The minimum absolute atomic E-state index is 0.117. The van der Waals surface area contributed by atoms with E-state index in [4.69, 9.17) is 14.5 Å². The molecule has 0 spiro atoms. The first-order chi connectivity index (χ1) is 15.4. The molecule has 1 aliphatic heterocycles. The fourth-order valence-electron chi connectivity index (χ4n) is 3.67. The van der Waals surface area contributed by atoms with Crippen LogP contribution >= 0.6 is 0 Å². The Morgan fingerprint density at radius 1 is 0.938 bits per heavy atom. The molecule has 5 heteroatoms. The maximum absolute atomic E-state index is 11.9. The molecule has 4 rings (SSSR count). The zero-order valence-corrected chi connectivity index (χ0v) is 18.7. The molecule has 1 saturated heterocycles. The van der Waals surface area contributed by atoms with E-state index >= 15 is 0 Å². The number of rotatable bonds is 6. The van der Waals surface area contributed by atoms with Crippen LogP contribution in [0.2, 0.25) is 0 Å². The molecule has 0 aliphatic carbocycles. The Morgan fingerprint density at radius 3 is 2.19 bits per heavy atom. The maximum atomic E-state index is 11.9. The lowest BCUT2D eigenvalue weighted by Gasteiger charge is -2.44. The number of anilines is 1. The summed E-state index contributed by atoms with van der Waals surface area (Å²) >= 11 is 0. The van der Waals surface area contributed by atoms with Gasteiger partial charge in [0.1, 0.15) is 17.2 Å². The SMILES string of the molecule is CC(C)(C)OC(=O)COc1ccc(N2C(=Nc3ccccc3)CC2c2ccccc2)cc1. The van der Waals surface area contributed by atoms with Gasteiger partial charge in [-0.1, -0.05) is 48.5 Å². The van der Waals surface area contributed by atoms with Crippen LogP contribution in [0.3, 0.4) is 0 Å². The Kier molecular flexibility index (Phi) is 6.26. The number of aliphatic imine (C=N–C) groups is 1. The zero-order chi connectivity index (χ0) is 22.6. The molecule has 5 nitrogen and oxygen atoms in total. The highest BCUT2D eigenvalue weighted by Crippen LogP contribution is 2.41. The number of carbonyl (C=O) groups excluding carboxylic acids is 1. The minimum atomic E-state index is -0.525. The normalized spacial score (nSPS) is 17.0. The molecule has 32 heavy (non-hydrogen) atoms. The van der Waals surface area contributed by atoms with Crippen molar-refractivity contribution in [2.45, 2.75) is 38.8 Å². The molecule has 3 aromatic rings. The van der Waals surface area contributed by atoms with E-state index in [1.807, 2.05) is 81.4 Å². The van der Waals surface area contributed by atoms with Gasteiger partial charge in [-0.3, -0.25) is 0 Å². The topological polar surface area (TPSA) is 51.1 Å². The van der Waals surface area contributed by atoms with Crippen molar-refractivity contribution in [2.75, 3.05) is 11.5 Å². The summed E-state index contributed by atoms with van der Waals surface area (Å²) < 4.78 is 10.9. The molecule has 1 fully saturated rings. The van der Waals surface area contributed by atoms with Crippen molar-refractivity contribution in [1.29, 1.82) is 0 Å². The maximum Gasteiger partial charge on any atom is 0.344 e. The highest BCUT2D eigenvalue weighted by atomic mass is 16.6. The lowest BCUT2D eigenvalue weighted by atomic mass is 9.92. The van der Waals surface area contributed by atoms with E-state index in [1.165, 1.54) is 5.56 Å². The Balaban J connectivity index is 1.51. The van der Waals surface area contributed by atoms with Gasteiger partial charge in [-0.2, -0.15) is 0 Å². The van der Waals surface area contributed by atoms with Crippen LogP contribution in [-0.2, 0) is 9.53 Å². The lowest BCUT2D eigenvalue weighted by molar-refractivity contribution is -0.157. The molecule has 1 atom stereocenters. The number of amidine groups is 1. The number of esters is 1. The monoisotopic (exact) mass is 428 g/mol. The summed E-state index contributed by atoms with van der Waals surface area (Å²) in [5.74, 6) is 1.26. The van der Waals surface area contributed by atoms with Crippen LogP contribution in [0.5, 0.6) is 5.75 Å². The standard InChI is InChI=1S/C27H28N2O3/c1-27(2,3)32-26(30)19-31-23-16-14-22(15-17-23)29-24(20-10-6-4-7-11-20)18-25(29)28-21-12-8-5-9-13-21/h4-17,24H,18-19H2,1-3H3. The van der Waals surface area contributed by atoms with Crippen molar-refractivity contribution in [3.05, 3.63) is 90.5 Å². The van der Waals surface area contributed by atoms with Crippen molar-refractivity contribution < 1.29 is 14.3 Å². The average Bonchev–Trinajstić information content (AvgIpc) is 2.76. The fourth-order valence-corrected chi connectivity index (χ4v) is 3.67. The summed E-state index contributed by atoms with van der Waals surface area (Å²) in [7, 11) is 0.